The van der Waals surface area contributed by atoms with Crippen molar-refractivity contribution in [1.29, 1.82) is 0 Å². The highest BCUT2D eigenvalue weighted by Crippen LogP contribution is 2.12. The van der Waals surface area contributed by atoms with Gasteiger partial charge in [-0.05, 0) is 19.8 Å². The molecule has 0 saturated heterocycles. The van der Waals surface area contributed by atoms with Crippen LogP contribution in [0.3, 0.4) is 0 Å². The van der Waals surface area contributed by atoms with E-state index in [9.17, 15) is 0 Å². The van der Waals surface area contributed by atoms with E-state index in [0.717, 1.165) is 6.42 Å². The Morgan fingerprint density at radius 3 is 1.82 bits per heavy atom. The first kappa shape index (κ1) is 16.5. The van der Waals surface area contributed by atoms with Crippen molar-refractivity contribution in [3.63, 3.8) is 0 Å². The minimum Gasteiger partial charge on any atom is -0.382 e. The first-order valence-corrected chi connectivity index (χ1v) is 7.27. The molecule has 17 heavy (non-hydrogen) atoms. The molecule has 0 radical (unpaired) electrons. The fraction of sp³-hybridized carbons (Fsp3) is 0.875. The Labute approximate surface area is 108 Å². The van der Waals surface area contributed by atoms with Crippen molar-refractivity contribution in [3.05, 3.63) is 0 Å². The van der Waals surface area contributed by atoms with Crippen molar-refractivity contribution in [2.75, 3.05) is 7.11 Å². The van der Waals surface area contributed by atoms with Crippen LogP contribution < -0.4 is 0 Å². The summed E-state index contributed by atoms with van der Waals surface area (Å²) in [6.45, 7) is 2.15. The molecule has 0 aliphatic carbocycles. The van der Waals surface area contributed by atoms with Gasteiger partial charge in [-0.1, -0.05) is 51.4 Å². The molecule has 0 N–H and O–H groups in total. The Bertz CT molecular complexity index is 180. The summed E-state index contributed by atoms with van der Waals surface area (Å²) in [4.78, 5) is 0. The smallest absolute Gasteiger partial charge is 0.0543 e. The molecule has 1 heteroatoms. The predicted molar refractivity (Wildman–Crippen MR) is 76.1 cm³/mol. The lowest BCUT2D eigenvalue weighted by Gasteiger charge is -2.08. The van der Waals surface area contributed by atoms with Crippen molar-refractivity contribution < 1.29 is 4.74 Å². The molecule has 0 spiro atoms. The fourth-order valence-corrected chi connectivity index (χ4v) is 2.01. The standard InChI is InChI=1S/C16H30O/c1-4-5-6-7-8-9-10-11-12-13-14-15-16(2)17-3/h1,16H,5-15H2,2-3H3. The van der Waals surface area contributed by atoms with Gasteiger partial charge in [0.2, 0.25) is 0 Å². The summed E-state index contributed by atoms with van der Waals surface area (Å²) in [5, 5.41) is 0. The highest BCUT2D eigenvalue weighted by atomic mass is 16.5. The van der Waals surface area contributed by atoms with Crippen LogP contribution in [0.15, 0.2) is 0 Å². The van der Waals surface area contributed by atoms with Crippen LogP contribution in [-0.2, 0) is 4.74 Å². The lowest BCUT2D eigenvalue weighted by atomic mass is 10.0. The summed E-state index contributed by atoms with van der Waals surface area (Å²) in [5.41, 5.74) is 0. The molecule has 100 valence electrons. The molecule has 0 heterocycles. The van der Waals surface area contributed by atoms with Gasteiger partial charge >= 0.3 is 0 Å². The lowest BCUT2D eigenvalue weighted by molar-refractivity contribution is 0.108. The Balaban J connectivity index is 2.97. The van der Waals surface area contributed by atoms with Crippen molar-refractivity contribution in [2.45, 2.75) is 83.7 Å². The first-order chi connectivity index (χ1) is 8.31. The maximum absolute atomic E-state index is 5.23. The van der Waals surface area contributed by atoms with Gasteiger partial charge in [0.05, 0.1) is 6.10 Å². The maximum Gasteiger partial charge on any atom is 0.0543 e. The molecule has 0 saturated carbocycles. The fourth-order valence-electron chi connectivity index (χ4n) is 2.01. The Morgan fingerprint density at radius 1 is 0.882 bits per heavy atom. The van der Waals surface area contributed by atoms with Crippen LogP contribution in [0.25, 0.3) is 0 Å². The zero-order valence-electron chi connectivity index (χ0n) is 11.8. The molecule has 0 aromatic rings. The zero-order chi connectivity index (χ0) is 12.8. The van der Waals surface area contributed by atoms with E-state index >= 15 is 0 Å². The zero-order valence-corrected chi connectivity index (χ0v) is 11.8. The van der Waals surface area contributed by atoms with Gasteiger partial charge in [0, 0.05) is 13.5 Å². The van der Waals surface area contributed by atoms with Gasteiger partial charge in [-0.3, -0.25) is 0 Å². The van der Waals surface area contributed by atoms with Crippen LogP contribution in [0.2, 0.25) is 0 Å². The second-order valence-corrected chi connectivity index (χ2v) is 4.97. The molecule has 1 nitrogen and oxygen atoms in total. The van der Waals surface area contributed by atoms with Crippen LogP contribution in [0, 0.1) is 12.3 Å². The summed E-state index contributed by atoms with van der Waals surface area (Å²) in [7, 11) is 1.80. The highest BCUT2D eigenvalue weighted by molar-refractivity contribution is 4.82. The number of hydrogen-bond donors (Lipinski definition) is 0. The first-order valence-electron chi connectivity index (χ1n) is 7.27. The van der Waals surface area contributed by atoms with E-state index in [-0.39, 0.29) is 0 Å². The quantitative estimate of drug-likeness (QED) is 0.345. The number of methoxy groups -OCH3 is 1. The summed E-state index contributed by atoms with van der Waals surface area (Å²) in [5.74, 6) is 2.70. The number of rotatable bonds is 12. The van der Waals surface area contributed by atoms with Crippen LogP contribution in [0.5, 0.6) is 0 Å². The van der Waals surface area contributed by atoms with Gasteiger partial charge in [-0.25, -0.2) is 0 Å². The molecule has 1 atom stereocenters. The number of hydrogen-bond acceptors (Lipinski definition) is 1. The molecule has 0 bridgehead atoms. The lowest BCUT2D eigenvalue weighted by Crippen LogP contribution is -2.03. The molecule has 0 fully saturated rings. The largest absolute Gasteiger partial charge is 0.382 e. The molecule has 0 aliphatic rings. The van der Waals surface area contributed by atoms with Gasteiger partial charge in [-0.2, -0.15) is 0 Å². The number of ether oxygens (including phenoxy) is 1. The topological polar surface area (TPSA) is 9.23 Å². The molecule has 0 aliphatic heterocycles. The third kappa shape index (κ3) is 13.5. The van der Waals surface area contributed by atoms with E-state index in [1.165, 1.54) is 64.2 Å². The van der Waals surface area contributed by atoms with Gasteiger partial charge < -0.3 is 4.74 Å². The number of unbranched alkanes of at least 4 members (excludes halogenated alkanes) is 9. The summed E-state index contributed by atoms with van der Waals surface area (Å²) in [6.07, 6.45) is 20.0. The Kier molecular flexibility index (Phi) is 13.2. The van der Waals surface area contributed by atoms with Gasteiger partial charge in [0.1, 0.15) is 0 Å². The summed E-state index contributed by atoms with van der Waals surface area (Å²) >= 11 is 0. The van der Waals surface area contributed by atoms with Crippen molar-refractivity contribution in [2.24, 2.45) is 0 Å². The van der Waals surface area contributed by atoms with Crippen LogP contribution in [-0.4, -0.2) is 13.2 Å². The van der Waals surface area contributed by atoms with E-state index in [2.05, 4.69) is 12.8 Å². The predicted octanol–water partition coefficient (Wildman–Crippen LogP) is 4.95. The average Bonchev–Trinajstić information content (AvgIpc) is 2.35. The maximum atomic E-state index is 5.23. The van der Waals surface area contributed by atoms with E-state index in [4.69, 9.17) is 11.2 Å². The second-order valence-electron chi connectivity index (χ2n) is 4.97. The Morgan fingerprint density at radius 2 is 1.35 bits per heavy atom. The van der Waals surface area contributed by atoms with E-state index in [1.54, 1.807) is 7.11 Å². The van der Waals surface area contributed by atoms with Gasteiger partial charge in [0.15, 0.2) is 0 Å². The van der Waals surface area contributed by atoms with Crippen LogP contribution >= 0.6 is 0 Å². The minimum absolute atomic E-state index is 0.436. The van der Waals surface area contributed by atoms with E-state index < -0.39 is 0 Å². The third-order valence-corrected chi connectivity index (χ3v) is 3.33. The van der Waals surface area contributed by atoms with Crippen LogP contribution in [0.1, 0.15) is 77.6 Å². The van der Waals surface area contributed by atoms with Crippen molar-refractivity contribution in [1.82, 2.24) is 0 Å². The van der Waals surface area contributed by atoms with Gasteiger partial charge in [0.25, 0.3) is 0 Å². The Hall–Kier alpha value is -0.480. The van der Waals surface area contributed by atoms with Gasteiger partial charge in [-0.15, -0.1) is 12.3 Å². The number of terminal acetylenes is 1. The summed E-state index contributed by atoms with van der Waals surface area (Å²) < 4.78 is 5.23. The molecule has 0 aromatic carbocycles. The highest BCUT2D eigenvalue weighted by Gasteiger charge is 1.98. The molecule has 1 unspecified atom stereocenters. The molecule has 0 rings (SSSR count). The van der Waals surface area contributed by atoms with Crippen LogP contribution in [0.4, 0.5) is 0 Å². The average molecular weight is 238 g/mol. The second kappa shape index (κ2) is 13.6. The van der Waals surface area contributed by atoms with E-state index in [0.29, 0.717) is 6.10 Å². The monoisotopic (exact) mass is 238 g/mol. The van der Waals surface area contributed by atoms with Crippen molar-refractivity contribution in [3.8, 4) is 12.3 Å². The molecular formula is C16H30O. The molecular weight excluding hydrogens is 208 g/mol. The SMILES string of the molecule is C#CCCCCCCCCCCCC(C)OC. The molecule has 0 amide bonds. The minimum atomic E-state index is 0.436. The molecule has 0 aromatic heterocycles. The summed E-state index contributed by atoms with van der Waals surface area (Å²) in [6, 6.07) is 0. The van der Waals surface area contributed by atoms with Crippen molar-refractivity contribution >= 4 is 0 Å². The third-order valence-electron chi connectivity index (χ3n) is 3.33. The van der Waals surface area contributed by atoms with E-state index in [1.807, 2.05) is 0 Å². The normalized spacial score (nSPS) is 12.3.